The summed E-state index contributed by atoms with van der Waals surface area (Å²) >= 11 is 0. The van der Waals surface area contributed by atoms with Crippen molar-refractivity contribution in [2.75, 3.05) is 26.7 Å². The Morgan fingerprint density at radius 2 is 1.86 bits per heavy atom. The van der Waals surface area contributed by atoms with Crippen LogP contribution in [-0.2, 0) is 11.3 Å². The maximum Gasteiger partial charge on any atom is 0.237 e. The van der Waals surface area contributed by atoms with Crippen LogP contribution in [-0.4, -0.2) is 52.5 Å². The molecule has 0 radical (unpaired) electrons. The van der Waals surface area contributed by atoms with Gasteiger partial charge in [0.15, 0.2) is 11.6 Å². The normalized spacial score (nSPS) is 19.0. The van der Waals surface area contributed by atoms with Crippen LogP contribution in [0.3, 0.4) is 0 Å². The molecule has 1 amide bonds. The van der Waals surface area contributed by atoms with Crippen LogP contribution in [0.2, 0.25) is 0 Å². The molecule has 2 aliphatic heterocycles. The Kier molecular flexibility index (Phi) is 7.73. The molecule has 8 nitrogen and oxygen atoms in total. The quantitative estimate of drug-likeness (QED) is 0.526. The fourth-order valence-electron chi connectivity index (χ4n) is 4.90. The van der Waals surface area contributed by atoms with E-state index in [1.165, 1.54) is 0 Å². The van der Waals surface area contributed by atoms with Gasteiger partial charge in [0.25, 0.3) is 0 Å². The van der Waals surface area contributed by atoms with Crippen LogP contribution in [0.1, 0.15) is 48.4 Å². The maximum atomic E-state index is 12.7. The second-order valence-corrected chi connectivity index (χ2v) is 9.94. The first kappa shape index (κ1) is 24.9. The largest absolute Gasteiger partial charge is 0.490 e. The monoisotopic (exact) mass is 496 g/mol. The summed E-state index contributed by atoms with van der Waals surface area (Å²) in [6, 6.07) is 17.7. The SMILES string of the molecule is CN1CCC(COc2cnc(-c3cccc(CN4NC(c5cccc(C#N)c5)CCC4=O)c3)nc2)CC1. The van der Waals surface area contributed by atoms with Crippen molar-refractivity contribution in [3.05, 3.63) is 77.6 Å². The van der Waals surface area contributed by atoms with Gasteiger partial charge in [0.05, 0.1) is 43.2 Å². The molecule has 1 N–H and O–H groups in total. The molecule has 8 heteroatoms. The lowest BCUT2D eigenvalue weighted by Crippen LogP contribution is -2.48. The summed E-state index contributed by atoms with van der Waals surface area (Å²) in [5.41, 5.74) is 6.86. The van der Waals surface area contributed by atoms with Crippen molar-refractivity contribution in [1.29, 1.82) is 5.26 Å². The van der Waals surface area contributed by atoms with Crippen molar-refractivity contribution in [1.82, 2.24) is 25.3 Å². The highest BCUT2D eigenvalue weighted by atomic mass is 16.5. The Morgan fingerprint density at radius 1 is 1.08 bits per heavy atom. The number of carbonyl (C=O) groups is 1. The van der Waals surface area contributed by atoms with Crippen LogP contribution in [0.5, 0.6) is 5.75 Å². The van der Waals surface area contributed by atoms with E-state index in [1.807, 2.05) is 42.5 Å². The van der Waals surface area contributed by atoms with E-state index in [-0.39, 0.29) is 11.9 Å². The second-order valence-electron chi connectivity index (χ2n) is 9.94. The van der Waals surface area contributed by atoms with Gasteiger partial charge < -0.3 is 9.64 Å². The highest BCUT2D eigenvalue weighted by Gasteiger charge is 2.26. The summed E-state index contributed by atoms with van der Waals surface area (Å²) in [6.45, 7) is 3.37. The van der Waals surface area contributed by atoms with Crippen molar-refractivity contribution in [3.63, 3.8) is 0 Å². The van der Waals surface area contributed by atoms with E-state index < -0.39 is 0 Å². The van der Waals surface area contributed by atoms with Gasteiger partial charge in [-0.25, -0.2) is 15.4 Å². The number of nitriles is 1. The fourth-order valence-corrected chi connectivity index (χ4v) is 4.90. The molecule has 3 aromatic rings. The molecule has 0 saturated carbocycles. The lowest BCUT2D eigenvalue weighted by atomic mass is 9.98. The van der Waals surface area contributed by atoms with E-state index >= 15 is 0 Å². The number of ether oxygens (including phenoxy) is 1. The van der Waals surface area contributed by atoms with Crippen molar-refractivity contribution >= 4 is 5.91 Å². The van der Waals surface area contributed by atoms with Crippen LogP contribution in [0.4, 0.5) is 0 Å². The lowest BCUT2D eigenvalue weighted by Gasteiger charge is -2.34. The first-order valence-corrected chi connectivity index (χ1v) is 12.9. The first-order chi connectivity index (χ1) is 18.1. The molecule has 3 heterocycles. The van der Waals surface area contributed by atoms with Gasteiger partial charge in [-0.05, 0) is 74.6 Å². The maximum absolute atomic E-state index is 12.7. The molecular formula is C29H32N6O2. The third-order valence-corrected chi connectivity index (χ3v) is 7.16. The number of hydrogen-bond acceptors (Lipinski definition) is 7. The number of hydrazine groups is 1. The standard InChI is InChI=1S/C29H32N6O2/c1-34-12-10-21(11-13-34)20-37-26-17-31-29(32-18-26)25-7-3-5-23(15-25)19-35-28(36)9-8-27(33-35)24-6-2-4-22(14-24)16-30/h2-7,14-15,17-18,21,27,33H,8-13,19-20H2,1H3. The summed E-state index contributed by atoms with van der Waals surface area (Å²) in [5.74, 6) is 1.94. The number of nitrogens with one attached hydrogen (secondary N) is 1. The van der Waals surface area contributed by atoms with Gasteiger partial charge in [0.1, 0.15) is 0 Å². The number of benzene rings is 2. The number of aromatic nitrogens is 2. The number of rotatable bonds is 7. The molecule has 5 rings (SSSR count). The van der Waals surface area contributed by atoms with Crippen molar-refractivity contribution in [3.8, 4) is 23.2 Å². The number of piperidine rings is 1. The molecular weight excluding hydrogens is 464 g/mol. The molecule has 1 atom stereocenters. The average molecular weight is 497 g/mol. The van der Waals surface area contributed by atoms with Crippen molar-refractivity contribution in [2.45, 2.75) is 38.3 Å². The lowest BCUT2D eigenvalue weighted by molar-refractivity contribution is -0.139. The summed E-state index contributed by atoms with van der Waals surface area (Å²) in [4.78, 5) is 24.1. The smallest absolute Gasteiger partial charge is 0.237 e. The molecule has 2 saturated heterocycles. The summed E-state index contributed by atoms with van der Waals surface area (Å²) in [7, 11) is 2.16. The number of carbonyl (C=O) groups excluding carboxylic acids is 1. The summed E-state index contributed by atoms with van der Waals surface area (Å²) in [5, 5.41) is 10.9. The number of nitrogens with zero attached hydrogens (tertiary/aromatic N) is 5. The average Bonchev–Trinajstić information content (AvgIpc) is 2.94. The topological polar surface area (TPSA) is 94.4 Å². The van der Waals surface area contributed by atoms with E-state index in [0.717, 1.165) is 42.6 Å². The summed E-state index contributed by atoms with van der Waals surface area (Å²) < 4.78 is 5.95. The Bertz CT molecular complexity index is 1260. The second kappa shape index (κ2) is 11.5. The van der Waals surface area contributed by atoms with Crippen molar-refractivity contribution in [2.24, 2.45) is 5.92 Å². The van der Waals surface area contributed by atoms with Crippen LogP contribution in [0.15, 0.2) is 60.9 Å². The zero-order valence-electron chi connectivity index (χ0n) is 21.1. The van der Waals surface area contributed by atoms with E-state index in [1.54, 1.807) is 23.5 Å². The van der Waals surface area contributed by atoms with Crippen LogP contribution < -0.4 is 10.2 Å². The molecule has 2 fully saturated rings. The van der Waals surface area contributed by atoms with Gasteiger partial charge in [-0.3, -0.25) is 9.80 Å². The van der Waals surface area contributed by atoms with Crippen LogP contribution in [0.25, 0.3) is 11.4 Å². The predicted molar refractivity (Wildman–Crippen MR) is 140 cm³/mol. The highest BCUT2D eigenvalue weighted by molar-refractivity contribution is 5.76. The van der Waals surface area contributed by atoms with Gasteiger partial charge >= 0.3 is 0 Å². The fraction of sp³-hybridized carbons (Fsp3) is 0.379. The van der Waals surface area contributed by atoms with E-state index in [0.29, 0.717) is 49.0 Å². The molecule has 1 aromatic heterocycles. The predicted octanol–water partition coefficient (Wildman–Crippen LogP) is 4.10. The minimum Gasteiger partial charge on any atom is -0.490 e. The minimum atomic E-state index is -0.0143. The highest BCUT2D eigenvalue weighted by Crippen LogP contribution is 2.26. The van der Waals surface area contributed by atoms with Crippen molar-refractivity contribution < 1.29 is 9.53 Å². The molecule has 2 aromatic carbocycles. The Morgan fingerprint density at radius 3 is 2.65 bits per heavy atom. The number of amides is 1. The molecule has 1 unspecified atom stereocenters. The first-order valence-electron chi connectivity index (χ1n) is 12.9. The van der Waals surface area contributed by atoms with Gasteiger partial charge in [0.2, 0.25) is 5.91 Å². The Hall–Kier alpha value is -3.80. The Balaban J connectivity index is 1.21. The van der Waals surface area contributed by atoms with Crippen LogP contribution >= 0.6 is 0 Å². The molecule has 190 valence electrons. The minimum absolute atomic E-state index is 0.0143. The third-order valence-electron chi connectivity index (χ3n) is 7.16. The zero-order valence-corrected chi connectivity index (χ0v) is 21.1. The van der Waals surface area contributed by atoms with E-state index in [4.69, 9.17) is 4.74 Å². The zero-order chi connectivity index (χ0) is 25.6. The molecule has 0 aliphatic carbocycles. The van der Waals surface area contributed by atoms with Gasteiger partial charge in [-0.15, -0.1) is 0 Å². The molecule has 2 aliphatic rings. The molecule has 37 heavy (non-hydrogen) atoms. The van der Waals surface area contributed by atoms with E-state index in [2.05, 4.69) is 33.4 Å². The van der Waals surface area contributed by atoms with Gasteiger partial charge in [0, 0.05) is 12.0 Å². The third kappa shape index (κ3) is 6.31. The van der Waals surface area contributed by atoms with Crippen LogP contribution in [0, 0.1) is 17.2 Å². The number of likely N-dealkylation sites (tertiary alicyclic amines) is 1. The Labute approximate surface area is 217 Å². The van der Waals surface area contributed by atoms with Gasteiger partial charge in [-0.2, -0.15) is 5.26 Å². The van der Waals surface area contributed by atoms with Gasteiger partial charge in [-0.1, -0.05) is 30.3 Å². The van der Waals surface area contributed by atoms with E-state index in [9.17, 15) is 10.1 Å². The molecule has 0 spiro atoms. The summed E-state index contributed by atoms with van der Waals surface area (Å²) in [6.07, 6.45) is 6.94. The number of hydrogen-bond donors (Lipinski definition) is 1. The molecule has 0 bridgehead atoms.